The van der Waals surface area contributed by atoms with Gasteiger partial charge in [-0.15, -0.1) is 0 Å². The van der Waals surface area contributed by atoms with E-state index in [0.29, 0.717) is 16.7 Å². The Morgan fingerprint density at radius 1 is 1.56 bits per heavy atom. The summed E-state index contributed by atoms with van der Waals surface area (Å²) in [5.74, 6) is -0.00367. The maximum Gasteiger partial charge on any atom is 0.283 e. The van der Waals surface area contributed by atoms with Crippen molar-refractivity contribution in [2.75, 3.05) is 17.3 Å². The summed E-state index contributed by atoms with van der Waals surface area (Å²) in [6.45, 7) is 4.04. The first-order valence-corrected chi connectivity index (χ1v) is 8.29. The molecule has 1 aromatic heterocycles. The van der Waals surface area contributed by atoms with Crippen LogP contribution < -0.4 is 10.9 Å². The Kier molecular flexibility index (Phi) is 4.92. The summed E-state index contributed by atoms with van der Waals surface area (Å²) >= 11 is 3.19. The molecular weight excluding hydrogens is 322 g/mol. The normalized spacial score (nSPS) is 13.3. The van der Waals surface area contributed by atoms with E-state index in [0.717, 1.165) is 0 Å². The molecule has 1 heterocycles. The summed E-state index contributed by atoms with van der Waals surface area (Å²) in [6, 6.07) is -0.296. The summed E-state index contributed by atoms with van der Waals surface area (Å²) in [6.07, 6.45) is 2.68. The van der Waals surface area contributed by atoms with Crippen molar-refractivity contribution < 1.29 is 8.42 Å². The van der Waals surface area contributed by atoms with Crippen LogP contribution in [0.5, 0.6) is 0 Å². The number of anilines is 1. The van der Waals surface area contributed by atoms with Crippen LogP contribution in [-0.2, 0) is 16.4 Å². The SMILES string of the molecule is CCn1ncc(NC(C)CS(C)(=O)=O)c(Br)c1=O. The Morgan fingerprint density at radius 2 is 2.17 bits per heavy atom. The number of sulfone groups is 1. The summed E-state index contributed by atoms with van der Waals surface area (Å²) in [7, 11) is -3.06. The van der Waals surface area contributed by atoms with Crippen molar-refractivity contribution in [1.29, 1.82) is 0 Å². The van der Waals surface area contributed by atoms with Crippen molar-refractivity contribution in [3.05, 3.63) is 21.0 Å². The maximum atomic E-state index is 11.8. The van der Waals surface area contributed by atoms with Gasteiger partial charge in [-0.05, 0) is 29.8 Å². The molecule has 0 radical (unpaired) electrons. The molecule has 0 spiro atoms. The molecule has 6 nitrogen and oxygen atoms in total. The third kappa shape index (κ3) is 4.09. The van der Waals surface area contributed by atoms with Gasteiger partial charge in [0.15, 0.2) is 0 Å². The van der Waals surface area contributed by atoms with Gasteiger partial charge in [0.2, 0.25) is 0 Å². The summed E-state index contributed by atoms with van der Waals surface area (Å²) in [5, 5.41) is 6.93. The molecule has 18 heavy (non-hydrogen) atoms. The number of halogens is 1. The molecule has 1 aromatic rings. The zero-order valence-electron chi connectivity index (χ0n) is 10.5. The lowest BCUT2D eigenvalue weighted by Crippen LogP contribution is -2.28. The van der Waals surface area contributed by atoms with Gasteiger partial charge in [-0.2, -0.15) is 5.10 Å². The molecule has 0 fully saturated rings. The molecule has 0 amide bonds. The van der Waals surface area contributed by atoms with E-state index in [9.17, 15) is 13.2 Å². The van der Waals surface area contributed by atoms with Crippen LogP contribution in [0.25, 0.3) is 0 Å². The standard InChI is InChI=1S/C10H16BrN3O3S/c1-4-14-10(15)9(11)8(5-12-14)13-7(2)6-18(3,16)17/h5,7,13H,4,6H2,1-3H3. The summed E-state index contributed by atoms with van der Waals surface area (Å²) < 4.78 is 24.0. The van der Waals surface area contributed by atoms with Crippen molar-refractivity contribution in [3.63, 3.8) is 0 Å². The largest absolute Gasteiger partial charge is 0.379 e. The smallest absolute Gasteiger partial charge is 0.283 e. The van der Waals surface area contributed by atoms with Gasteiger partial charge in [0.25, 0.3) is 5.56 Å². The molecule has 0 aliphatic carbocycles. The lowest BCUT2D eigenvalue weighted by atomic mass is 10.3. The molecule has 0 saturated carbocycles. The van der Waals surface area contributed by atoms with Gasteiger partial charge in [0.1, 0.15) is 14.3 Å². The Labute approximate surface area is 114 Å². The van der Waals surface area contributed by atoms with Crippen molar-refractivity contribution in [2.24, 2.45) is 0 Å². The van der Waals surface area contributed by atoms with Crippen LogP contribution in [0.15, 0.2) is 15.5 Å². The average molecular weight is 338 g/mol. The van der Waals surface area contributed by atoms with Gasteiger partial charge in [0, 0.05) is 18.8 Å². The van der Waals surface area contributed by atoms with Crippen LogP contribution in [0.4, 0.5) is 5.69 Å². The number of hydrogen-bond acceptors (Lipinski definition) is 5. The van der Waals surface area contributed by atoms with E-state index in [4.69, 9.17) is 0 Å². The van der Waals surface area contributed by atoms with Crippen LogP contribution in [-0.4, -0.2) is 36.2 Å². The molecule has 102 valence electrons. The summed E-state index contributed by atoms with van der Waals surface area (Å²) in [4.78, 5) is 11.8. The van der Waals surface area contributed by atoms with Crippen molar-refractivity contribution in [2.45, 2.75) is 26.4 Å². The van der Waals surface area contributed by atoms with Crippen molar-refractivity contribution in [1.82, 2.24) is 9.78 Å². The Morgan fingerprint density at radius 3 is 2.67 bits per heavy atom. The fraction of sp³-hybridized carbons (Fsp3) is 0.600. The van der Waals surface area contributed by atoms with Gasteiger partial charge in [0.05, 0.1) is 17.6 Å². The Bertz CT molecular complexity index is 583. The highest BCUT2D eigenvalue weighted by atomic mass is 79.9. The van der Waals surface area contributed by atoms with E-state index < -0.39 is 9.84 Å². The number of aromatic nitrogens is 2. The number of rotatable bonds is 5. The first-order valence-electron chi connectivity index (χ1n) is 5.44. The lowest BCUT2D eigenvalue weighted by Gasteiger charge is -2.15. The predicted molar refractivity (Wildman–Crippen MR) is 74.7 cm³/mol. The molecular formula is C10H16BrN3O3S. The molecule has 1 rings (SSSR count). The van der Waals surface area contributed by atoms with E-state index in [1.165, 1.54) is 17.1 Å². The van der Waals surface area contributed by atoms with E-state index in [-0.39, 0.29) is 17.4 Å². The van der Waals surface area contributed by atoms with Crippen LogP contribution in [0.2, 0.25) is 0 Å². The molecule has 0 aliphatic rings. The highest BCUT2D eigenvalue weighted by molar-refractivity contribution is 9.10. The van der Waals surface area contributed by atoms with Gasteiger partial charge in [-0.25, -0.2) is 13.1 Å². The minimum Gasteiger partial charge on any atom is -0.379 e. The molecule has 1 unspecified atom stereocenters. The van der Waals surface area contributed by atoms with E-state index in [2.05, 4.69) is 26.3 Å². The second kappa shape index (κ2) is 5.83. The van der Waals surface area contributed by atoms with Gasteiger partial charge < -0.3 is 5.32 Å². The van der Waals surface area contributed by atoms with E-state index >= 15 is 0 Å². The monoisotopic (exact) mass is 337 g/mol. The summed E-state index contributed by atoms with van der Waals surface area (Å²) in [5.41, 5.74) is 0.259. The number of hydrogen-bond donors (Lipinski definition) is 1. The second-order valence-corrected chi connectivity index (χ2v) is 7.11. The van der Waals surface area contributed by atoms with Gasteiger partial charge in [-0.1, -0.05) is 0 Å². The fourth-order valence-electron chi connectivity index (χ4n) is 1.55. The van der Waals surface area contributed by atoms with E-state index in [1.807, 2.05) is 6.92 Å². The van der Waals surface area contributed by atoms with Crippen LogP contribution >= 0.6 is 15.9 Å². The van der Waals surface area contributed by atoms with Crippen molar-refractivity contribution >= 4 is 31.5 Å². The number of nitrogens with zero attached hydrogens (tertiary/aromatic N) is 2. The topological polar surface area (TPSA) is 81.1 Å². The fourth-order valence-corrected chi connectivity index (χ4v) is 2.97. The predicted octanol–water partition coefficient (Wildman–Crippen LogP) is 0.871. The maximum absolute atomic E-state index is 11.8. The average Bonchev–Trinajstić information content (AvgIpc) is 2.22. The third-order valence-corrected chi connectivity index (χ3v) is 4.11. The molecule has 0 saturated heterocycles. The van der Waals surface area contributed by atoms with Crippen molar-refractivity contribution in [3.8, 4) is 0 Å². The highest BCUT2D eigenvalue weighted by Crippen LogP contribution is 2.17. The zero-order chi connectivity index (χ0) is 13.9. The molecule has 1 atom stereocenters. The van der Waals surface area contributed by atoms with Crippen LogP contribution in [0, 0.1) is 0 Å². The van der Waals surface area contributed by atoms with Gasteiger partial charge in [-0.3, -0.25) is 4.79 Å². The molecule has 0 aliphatic heterocycles. The minimum absolute atomic E-state index is 0.00367. The Hall–Kier alpha value is -0.890. The highest BCUT2D eigenvalue weighted by Gasteiger charge is 2.14. The van der Waals surface area contributed by atoms with Crippen LogP contribution in [0.1, 0.15) is 13.8 Å². The molecule has 1 N–H and O–H groups in total. The minimum atomic E-state index is -3.06. The van der Waals surface area contributed by atoms with Crippen LogP contribution in [0.3, 0.4) is 0 Å². The second-order valence-electron chi connectivity index (χ2n) is 4.13. The van der Waals surface area contributed by atoms with E-state index in [1.54, 1.807) is 6.92 Å². The quantitative estimate of drug-likeness (QED) is 0.862. The van der Waals surface area contributed by atoms with Gasteiger partial charge >= 0.3 is 0 Å². The number of aryl methyl sites for hydroxylation is 1. The number of nitrogens with one attached hydrogen (secondary N) is 1. The molecule has 0 bridgehead atoms. The third-order valence-electron chi connectivity index (χ3n) is 2.24. The molecule has 0 aromatic carbocycles. The first-order chi connectivity index (χ1) is 8.24. The first kappa shape index (κ1) is 15.2. The Balaban J connectivity index is 2.93. The zero-order valence-corrected chi connectivity index (χ0v) is 12.9. The molecule has 8 heteroatoms. The lowest BCUT2D eigenvalue weighted by molar-refractivity contribution is 0.597.